The summed E-state index contributed by atoms with van der Waals surface area (Å²) in [6.45, 7) is 5.56. The maximum Gasteiger partial charge on any atom is 0.253 e. The Morgan fingerprint density at radius 2 is 1.54 bits per heavy atom. The molecule has 3 heterocycles. The molecule has 5 nitrogen and oxygen atoms in total. The van der Waals surface area contributed by atoms with Crippen molar-refractivity contribution in [3.05, 3.63) is 65.0 Å². The third-order valence-corrected chi connectivity index (χ3v) is 6.37. The number of nitrogens with zero attached hydrogens (tertiary/aromatic N) is 3. The molecular weight excluding hydrogens is 357 g/mol. The lowest BCUT2D eigenvalue weighted by Gasteiger charge is -2.29. The fraction of sp³-hybridized carbons (Fsp3) is 0.364. The van der Waals surface area contributed by atoms with Crippen LogP contribution >= 0.6 is 0 Å². The van der Waals surface area contributed by atoms with Gasteiger partial charge in [-0.1, -0.05) is 18.2 Å². The Morgan fingerprint density at radius 1 is 0.857 bits per heavy atom. The zero-order valence-electron chi connectivity index (χ0n) is 15.9. The van der Waals surface area contributed by atoms with Gasteiger partial charge in [0.05, 0.1) is 17.6 Å². The second kappa shape index (κ2) is 6.22. The number of amides is 2. The smallest absolute Gasteiger partial charge is 0.253 e. The Labute approximate surface area is 163 Å². The van der Waals surface area contributed by atoms with Gasteiger partial charge in [0.2, 0.25) is 5.91 Å². The third-order valence-electron chi connectivity index (χ3n) is 6.37. The highest BCUT2D eigenvalue weighted by Crippen LogP contribution is 2.48. The molecule has 0 N–H and O–H groups in total. The number of carbonyl (C=O) groups is 2. The van der Waals surface area contributed by atoms with Crippen molar-refractivity contribution < 1.29 is 14.0 Å². The molecule has 2 aromatic carbocycles. The van der Waals surface area contributed by atoms with Gasteiger partial charge in [-0.05, 0) is 61.2 Å². The maximum atomic E-state index is 13.5. The van der Waals surface area contributed by atoms with Gasteiger partial charge in [-0.25, -0.2) is 19.3 Å². The van der Waals surface area contributed by atoms with Gasteiger partial charge in [-0.3, -0.25) is 9.59 Å². The van der Waals surface area contributed by atoms with Gasteiger partial charge in [0.15, 0.2) is 0 Å². The van der Waals surface area contributed by atoms with E-state index in [1.807, 2.05) is 32.0 Å². The van der Waals surface area contributed by atoms with Gasteiger partial charge in [0, 0.05) is 13.1 Å². The van der Waals surface area contributed by atoms with Crippen LogP contribution in [-0.4, -0.2) is 41.0 Å². The van der Waals surface area contributed by atoms with Crippen LogP contribution in [0.25, 0.3) is 0 Å². The summed E-state index contributed by atoms with van der Waals surface area (Å²) in [4.78, 5) is 28.2. The van der Waals surface area contributed by atoms with E-state index >= 15 is 0 Å². The van der Waals surface area contributed by atoms with Crippen molar-refractivity contribution in [2.24, 2.45) is 5.92 Å². The number of carbonyl (C=O) groups excluding carboxylic acids is 2. The first-order valence-electron chi connectivity index (χ1n) is 9.71. The highest BCUT2D eigenvalue weighted by molar-refractivity contribution is 6.24. The quantitative estimate of drug-likeness (QED) is 0.753. The molecule has 0 aromatic heterocycles. The first-order chi connectivity index (χ1) is 13.5. The normalized spacial score (nSPS) is 27.5. The van der Waals surface area contributed by atoms with Gasteiger partial charge in [-0.2, -0.15) is 0 Å². The minimum Gasteiger partial charge on any atom is -0.274 e. The lowest BCUT2D eigenvalue weighted by molar-refractivity contribution is -0.126. The lowest BCUT2D eigenvalue weighted by atomic mass is 9.90. The predicted octanol–water partition coefficient (Wildman–Crippen LogP) is 2.98. The molecule has 28 heavy (non-hydrogen) atoms. The van der Waals surface area contributed by atoms with E-state index in [4.69, 9.17) is 0 Å². The van der Waals surface area contributed by atoms with Crippen molar-refractivity contribution in [2.75, 3.05) is 18.0 Å². The van der Waals surface area contributed by atoms with Crippen LogP contribution in [0.1, 0.15) is 29.2 Å². The summed E-state index contributed by atoms with van der Waals surface area (Å²) in [6.07, 6.45) is 0.950. The van der Waals surface area contributed by atoms with Gasteiger partial charge in [0.25, 0.3) is 5.91 Å². The predicted molar refractivity (Wildman–Crippen MR) is 103 cm³/mol. The number of hydrazine groups is 1. The van der Waals surface area contributed by atoms with Crippen LogP contribution in [0.15, 0.2) is 42.5 Å². The minimum absolute atomic E-state index is 0.158. The maximum absolute atomic E-state index is 13.5. The molecule has 0 bridgehead atoms. The van der Waals surface area contributed by atoms with E-state index in [0.717, 1.165) is 36.2 Å². The number of imide groups is 1. The molecule has 2 aromatic rings. The molecule has 0 radical (unpaired) electrons. The van der Waals surface area contributed by atoms with Crippen molar-refractivity contribution >= 4 is 17.5 Å². The topological polar surface area (TPSA) is 43.9 Å². The number of halogens is 1. The first-order valence-corrected chi connectivity index (χ1v) is 9.71. The summed E-state index contributed by atoms with van der Waals surface area (Å²) in [5.41, 5.74) is 3.69. The first kappa shape index (κ1) is 17.5. The number of anilines is 1. The second-order valence-electron chi connectivity index (χ2n) is 7.93. The number of rotatable bonds is 2. The SMILES string of the molecule is Cc1ccc(N2C(=O)[C@H]3[C@H](C2=O)N2CCCN2[C@H]3c2ccc(F)cc2)cc1C. The highest BCUT2D eigenvalue weighted by Gasteiger charge is 2.62. The van der Waals surface area contributed by atoms with E-state index < -0.39 is 12.0 Å². The molecular formula is C22H22FN3O2. The number of hydrogen-bond acceptors (Lipinski definition) is 4. The van der Waals surface area contributed by atoms with E-state index in [-0.39, 0.29) is 23.7 Å². The molecule has 0 spiro atoms. The number of benzene rings is 2. The summed E-state index contributed by atoms with van der Waals surface area (Å²) < 4.78 is 13.4. The van der Waals surface area contributed by atoms with Gasteiger partial charge >= 0.3 is 0 Å². The van der Waals surface area contributed by atoms with Crippen LogP contribution in [0.3, 0.4) is 0 Å². The molecule has 0 aliphatic carbocycles. The Hall–Kier alpha value is -2.57. The van der Waals surface area contributed by atoms with Gasteiger partial charge < -0.3 is 0 Å². The van der Waals surface area contributed by atoms with Crippen LogP contribution in [0.5, 0.6) is 0 Å². The number of aryl methyl sites for hydroxylation is 2. The second-order valence-corrected chi connectivity index (χ2v) is 7.93. The largest absolute Gasteiger partial charge is 0.274 e. The van der Waals surface area contributed by atoms with E-state index in [1.54, 1.807) is 12.1 Å². The number of fused-ring (bicyclic) bond motifs is 3. The molecule has 5 rings (SSSR count). The van der Waals surface area contributed by atoms with Crippen LogP contribution < -0.4 is 4.90 Å². The van der Waals surface area contributed by atoms with E-state index in [1.165, 1.54) is 17.0 Å². The monoisotopic (exact) mass is 379 g/mol. The Morgan fingerprint density at radius 3 is 2.21 bits per heavy atom. The summed E-state index contributed by atoms with van der Waals surface area (Å²) >= 11 is 0. The Kier molecular flexibility index (Phi) is 3.89. The molecule has 2 amide bonds. The van der Waals surface area contributed by atoms with Crippen LogP contribution in [0.2, 0.25) is 0 Å². The van der Waals surface area contributed by atoms with Crippen molar-refractivity contribution in [3.63, 3.8) is 0 Å². The standard InChI is InChI=1S/C22H22FN3O2/c1-13-4-9-17(12-14(13)2)26-21(27)18-19(15-5-7-16(23)8-6-15)24-10-3-11-25(24)20(18)22(26)28/h4-9,12,18-20H,3,10-11H2,1-2H3/t18-,19+,20-/m1/s1. The molecule has 6 heteroatoms. The molecule has 144 valence electrons. The minimum atomic E-state index is -0.480. The zero-order valence-corrected chi connectivity index (χ0v) is 15.9. The fourth-order valence-corrected chi connectivity index (χ4v) is 4.89. The average molecular weight is 379 g/mol. The van der Waals surface area contributed by atoms with Crippen molar-refractivity contribution in [3.8, 4) is 0 Å². The molecule has 3 fully saturated rings. The van der Waals surface area contributed by atoms with Crippen LogP contribution in [-0.2, 0) is 9.59 Å². The van der Waals surface area contributed by atoms with Gasteiger partial charge in [0.1, 0.15) is 11.9 Å². The average Bonchev–Trinajstić information content (AvgIpc) is 3.31. The fourth-order valence-electron chi connectivity index (χ4n) is 4.89. The van der Waals surface area contributed by atoms with Crippen molar-refractivity contribution in [2.45, 2.75) is 32.4 Å². The van der Waals surface area contributed by atoms with Crippen molar-refractivity contribution in [1.29, 1.82) is 0 Å². The van der Waals surface area contributed by atoms with Gasteiger partial charge in [-0.15, -0.1) is 0 Å². The zero-order chi connectivity index (χ0) is 19.6. The summed E-state index contributed by atoms with van der Waals surface area (Å²) in [5.74, 6) is -1.10. The van der Waals surface area contributed by atoms with Crippen LogP contribution in [0, 0.1) is 25.6 Å². The van der Waals surface area contributed by atoms with E-state index in [2.05, 4.69) is 10.0 Å². The van der Waals surface area contributed by atoms with Crippen LogP contribution in [0.4, 0.5) is 10.1 Å². The van der Waals surface area contributed by atoms with Crippen molar-refractivity contribution in [1.82, 2.24) is 10.0 Å². The molecule has 3 saturated heterocycles. The summed E-state index contributed by atoms with van der Waals surface area (Å²) in [6, 6.07) is 11.3. The summed E-state index contributed by atoms with van der Waals surface area (Å²) in [5, 5.41) is 4.19. The Bertz CT molecular complexity index is 974. The molecule has 3 atom stereocenters. The Balaban J connectivity index is 1.58. The third kappa shape index (κ3) is 2.38. The van der Waals surface area contributed by atoms with E-state index in [0.29, 0.717) is 5.69 Å². The highest BCUT2D eigenvalue weighted by atomic mass is 19.1. The summed E-state index contributed by atoms with van der Waals surface area (Å²) in [7, 11) is 0. The lowest BCUT2D eigenvalue weighted by Crippen LogP contribution is -2.44. The molecule has 3 aliphatic heterocycles. The van der Waals surface area contributed by atoms with E-state index in [9.17, 15) is 14.0 Å². The molecule has 0 saturated carbocycles. The molecule has 0 unspecified atom stereocenters. The number of hydrogen-bond donors (Lipinski definition) is 0. The molecule has 3 aliphatic rings.